The predicted molar refractivity (Wildman–Crippen MR) is 65.3 cm³/mol. The van der Waals surface area contributed by atoms with E-state index in [0.717, 1.165) is 6.42 Å². The maximum absolute atomic E-state index is 5.60. The topological polar surface area (TPSA) is 38.0 Å². The largest absolute Gasteiger partial charge is 0.271 e. The van der Waals surface area contributed by atoms with Crippen molar-refractivity contribution in [2.24, 2.45) is 11.8 Å². The summed E-state index contributed by atoms with van der Waals surface area (Å²) in [7, 11) is 0. The third kappa shape index (κ3) is 4.02. The zero-order valence-corrected chi connectivity index (χ0v) is 9.74. The van der Waals surface area contributed by atoms with E-state index >= 15 is 0 Å². The lowest BCUT2D eigenvalue weighted by molar-refractivity contribution is 0.357. The molecule has 2 atom stereocenters. The van der Waals surface area contributed by atoms with Gasteiger partial charge in [0.05, 0.1) is 0 Å². The molecular formula is C13H22N2. The second-order valence-corrected chi connectivity index (χ2v) is 4.23. The summed E-state index contributed by atoms with van der Waals surface area (Å²) in [5.74, 6) is 6.23. The Labute approximate surface area is 92.8 Å². The van der Waals surface area contributed by atoms with Crippen molar-refractivity contribution < 1.29 is 0 Å². The molecule has 0 spiro atoms. The van der Waals surface area contributed by atoms with Crippen molar-refractivity contribution in [2.45, 2.75) is 39.2 Å². The van der Waals surface area contributed by atoms with Gasteiger partial charge in [-0.3, -0.25) is 11.3 Å². The average molecular weight is 206 g/mol. The molecule has 15 heavy (non-hydrogen) atoms. The third-order valence-corrected chi connectivity index (χ3v) is 2.94. The van der Waals surface area contributed by atoms with Crippen molar-refractivity contribution in [3.63, 3.8) is 0 Å². The van der Waals surface area contributed by atoms with Gasteiger partial charge in [0.2, 0.25) is 0 Å². The maximum Gasteiger partial charge on any atom is 0.0276 e. The van der Waals surface area contributed by atoms with Gasteiger partial charge in [-0.2, -0.15) is 0 Å². The molecule has 2 heteroatoms. The fourth-order valence-electron chi connectivity index (χ4n) is 1.95. The van der Waals surface area contributed by atoms with E-state index in [0.29, 0.717) is 12.0 Å². The van der Waals surface area contributed by atoms with Gasteiger partial charge in [-0.25, -0.2) is 0 Å². The van der Waals surface area contributed by atoms with Crippen LogP contribution in [0.3, 0.4) is 0 Å². The monoisotopic (exact) mass is 206 g/mol. The van der Waals surface area contributed by atoms with E-state index in [1.54, 1.807) is 0 Å². The SMILES string of the molecule is CCCC(C)C(Cc1ccccc1)NN. The molecule has 1 aromatic carbocycles. The third-order valence-electron chi connectivity index (χ3n) is 2.94. The van der Waals surface area contributed by atoms with Crippen LogP contribution in [0.2, 0.25) is 0 Å². The number of hydrazine groups is 1. The second kappa shape index (κ2) is 6.59. The van der Waals surface area contributed by atoms with Crippen LogP contribution in [0.25, 0.3) is 0 Å². The Kier molecular flexibility index (Phi) is 5.37. The summed E-state index contributed by atoms with van der Waals surface area (Å²) < 4.78 is 0. The number of nitrogens with two attached hydrogens (primary N) is 1. The molecule has 0 aliphatic carbocycles. The minimum atomic E-state index is 0.382. The second-order valence-electron chi connectivity index (χ2n) is 4.23. The lowest BCUT2D eigenvalue weighted by Crippen LogP contribution is -2.41. The van der Waals surface area contributed by atoms with Crippen molar-refractivity contribution >= 4 is 0 Å². The van der Waals surface area contributed by atoms with Gasteiger partial charge >= 0.3 is 0 Å². The van der Waals surface area contributed by atoms with Crippen LogP contribution < -0.4 is 11.3 Å². The van der Waals surface area contributed by atoms with E-state index in [4.69, 9.17) is 5.84 Å². The normalized spacial score (nSPS) is 14.9. The number of nitrogens with one attached hydrogen (secondary N) is 1. The van der Waals surface area contributed by atoms with Gasteiger partial charge in [-0.1, -0.05) is 50.6 Å². The van der Waals surface area contributed by atoms with Gasteiger partial charge in [0.1, 0.15) is 0 Å². The number of hydrogen-bond acceptors (Lipinski definition) is 2. The average Bonchev–Trinajstić information content (AvgIpc) is 2.27. The van der Waals surface area contributed by atoms with E-state index in [-0.39, 0.29) is 0 Å². The molecule has 1 rings (SSSR count). The fraction of sp³-hybridized carbons (Fsp3) is 0.538. The molecule has 0 bridgehead atoms. The number of benzene rings is 1. The first-order valence-corrected chi connectivity index (χ1v) is 5.78. The van der Waals surface area contributed by atoms with Crippen molar-refractivity contribution in [1.29, 1.82) is 0 Å². The number of rotatable bonds is 6. The highest BCUT2D eigenvalue weighted by atomic mass is 15.2. The molecule has 0 aliphatic rings. The van der Waals surface area contributed by atoms with Crippen LogP contribution in [0, 0.1) is 5.92 Å². The van der Waals surface area contributed by atoms with Crippen LogP contribution in [0.5, 0.6) is 0 Å². The molecule has 3 N–H and O–H groups in total. The van der Waals surface area contributed by atoms with E-state index in [1.165, 1.54) is 18.4 Å². The number of hydrogen-bond donors (Lipinski definition) is 2. The first-order valence-electron chi connectivity index (χ1n) is 5.78. The molecule has 2 nitrogen and oxygen atoms in total. The predicted octanol–water partition coefficient (Wildman–Crippen LogP) is 2.50. The van der Waals surface area contributed by atoms with Gasteiger partial charge in [-0.05, 0) is 24.3 Å². The smallest absolute Gasteiger partial charge is 0.0276 e. The Hall–Kier alpha value is -0.860. The fourth-order valence-corrected chi connectivity index (χ4v) is 1.95. The summed E-state index contributed by atoms with van der Waals surface area (Å²) in [6, 6.07) is 10.9. The molecule has 0 saturated heterocycles. The van der Waals surface area contributed by atoms with Crippen LogP contribution >= 0.6 is 0 Å². The molecule has 0 aliphatic heterocycles. The van der Waals surface area contributed by atoms with E-state index in [1.807, 2.05) is 6.07 Å². The molecule has 1 aromatic rings. The first-order chi connectivity index (χ1) is 7.27. The van der Waals surface area contributed by atoms with E-state index in [9.17, 15) is 0 Å². The summed E-state index contributed by atoms with van der Waals surface area (Å²) in [6.07, 6.45) is 3.45. The highest BCUT2D eigenvalue weighted by Crippen LogP contribution is 2.14. The van der Waals surface area contributed by atoms with Gasteiger partial charge in [0.15, 0.2) is 0 Å². The highest BCUT2D eigenvalue weighted by molar-refractivity contribution is 5.16. The Morgan fingerprint density at radius 3 is 2.47 bits per heavy atom. The summed E-state index contributed by atoms with van der Waals surface area (Å²) in [4.78, 5) is 0. The molecule has 0 amide bonds. The van der Waals surface area contributed by atoms with Gasteiger partial charge in [-0.15, -0.1) is 0 Å². The van der Waals surface area contributed by atoms with Crippen molar-refractivity contribution in [3.8, 4) is 0 Å². The molecular weight excluding hydrogens is 184 g/mol. The van der Waals surface area contributed by atoms with Gasteiger partial charge < -0.3 is 0 Å². The minimum absolute atomic E-state index is 0.382. The zero-order valence-electron chi connectivity index (χ0n) is 9.74. The molecule has 0 fully saturated rings. The lowest BCUT2D eigenvalue weighted by Gasteiger charge is -2.22. The van der Waals surface area contributed by atoms with E-state index in [2.05, 4.69) is 43.5 Å². The molecule has 84 valence electrons. The summed E-state index contributed by atoms with van der Waals surface area (Å²) in [6.45, 7) is 4.48. The summed E-state index contributed by atoms with van der Waals surface area (Å²) in [5, 5.41) is 0. The van der Waals surface area contributed by atoms with Crippen LogP contribution in [0.1, 0.15) is 32.3 Å². The quantitative estimate of drug-likeness (QED) is 0.554. The first kappa shape index (κ1) is 12.2. The molecule has 0 radical (unpaired) electrons. The Bertz CT molecular complexity index is 258. The Morgan fingerprint density at radius 2 is 1.93 bits per heavy atom. The maximum atomic E-state index is 5.60. The standard InChI is InChI=1S/C13H22N2/c1-3-7-11(2)13(15-14)10-12-8-5-4-6-9-12/h4-6,8-9,11,13,15H,3,7,10,14H2,1-2H3. The van der Waals surface area contributed by atoms with Crippen molar-refractivity contribution in [1.82, 2.24) is 5.43 Å². The van der Waals surface area contributed by atoms with Crippen LogP contribution in [-0.4, -0.2) is 6.04 Å². The van der Waals surface area contributed by atoms with Crippen LogP contribution in [0.4, 0.5) is 0 Å². The highest BCUT2D eigenvalue weighted by Gasteiger charge is 2.15. The van der Waals surface area contributed by atoms with Gasteiger partial charge in [0.25, 0.3) is 0 Å². The molecule has 2 unspecified atom stereocenters. The molecule has 0 aromatic heterocycles. The summed E-state index contributed by atoms with van der Waals surface area (Å²) in [5.41, 5.74) is 4.29. The summed E-state index contributed by atoms with van der Waals surface area (Å²) >= 11 is 0. The zero-order chi connectivity index (χ0) is 11.1. The van der Waals surface area contributed by atoms with Crippen LogP contribution in [-0.2, 0) is 6.42 Å². The minimum Gasteiger partial charge on any atom is -0.271 e. The Balaban J connectivity index is 2.53. The van der Waals surface area contributed by atoms with Crippen molar-refractivity contribution in [3.05, 3.63) is 35.9 Å². The van der Waals surface area contributed by atoms with Crippen molar-refractivity contribution in [2.75, 3.05) is 0 Å². The lowest BCUT2D eigenvalue weighted by atomic mass is 9.92. The molecule has 0 saturated carbocycles. The van der Waals surface area contributed by atoms with E-state index < -0.39 is 0 Å². The van der Waals surface area contributed by atoms with Crippen LogP contribution in [0.15, 0.2) is 30.3 Å². The Morgan fingerprint density at radius 1 is 1.27 bits per heavy atom. The van der Waals surface area contributed by atoms with Gasteiger partial charge in [0, 0.05) is 6.04 Å². The molecule has 0 heterocycles.